The van der Waals surface area contributed by atoms with Crippen LogP contribution in [-0.2, 0) is 14.3 Å². The second kappa shape index (κ2) is 74.3. The number of hydrogen-bond acceptors (Lipinski definition) is 5. The van der Waals surface area contributed by atoms with Gasteiger partial charge in [0.15, 0.2) is 0 Å². The maximum Gasteiger partial charge on any atom is 0.305 e. The summed E-state index contributed by atoms with van der Waals surface area (Å²) in [5.41, 5.74) is 0. The van der Waals surface area contributed by atoms with Crippen LogP contribution in [0, 0.1) is 0 Å². The number of aliphatic hydroxyl groups is 2. The van der Waals surface area contributed by atoms with Crippen molar-refractivity contribution < 1.29 is 24.5 Å². The van der Waals surface area contributed by atoms with Crippen LogP contribution in [0.3, 0.4) is 0 Å². The van der Waals surface area contributed by atoms with E-state index in [1.807, 2.05) is 6.08 Å². The van der Waals surface area contributed by atoms with Crippen LogP contribution in [0.5, 0.6) is 0 Å². The first-order valence-electron chi connectivity index (χ1n) is 38.4. The van der Waals surface area contributed by atoms with Crippen LogP contribution in [0.2, 0.25) is 0 Å². The number of carbonyl (C=O) groups is 2. The summed E-state index contributed by atoms with van der Waals surface area (Å²) >= 11 is 0. The molecule has 0 aliphatic carbocycles. The molecule has 0 aliphatic heterocycles. The average molecular weight is 1190 g/mol. The summed E-state index contributed by atoms with van der Waals surface area (Å²) in [5, 5.41) is 23.2. The van der Waals surface area contributed by atoms with Crippen molar-refractivity contribution in [3.63, 3.8) is 0 Å². The van der Waals surface area contributed by atoms with Crippen LogP contribution in [0.1, 0.15) is 418 Å². The zero-order valence-electron chi connectivity index (χ0n) is 57.4. The number of amides is 1. The third-order valence-corrected chi connectivity index (χ3v) is 17.8. The molecule has 1 amide bonds. The number of esters is 1. The maximum atomic E-state index is 12.5. The van der Waals surface area contributed by atoms with Gasteiger partial charge in [0, 0.05) is 12.8 Å². The lowest BCUT2D eigenvalue weighted by Gasteiger charge is -2.20. The normalized spacial score (nSPS) is 12.8. The summed E-state index contributed by atoms with van der Waals surface area (Å²) in [6.45, 7) is 4.93. The largest absolute Gasteiger partial charge is 0.466 e. The predicted octanol–water partition coefficient (Wildman–Crippen LogP) is 25.2. The molecule has 0 saturated heterocycles. The molecule has 0 aromatic carbocycles. The van der Waals surface area contributed by atoms with Crippen LogP contribution in [0.4, 0.5) is 0 Å². The molecule has 0 radical (unpaired) electrons. The SMILES string of the molecule is CCCCCCCCC/C=C\CCCCCCCCCC(=O)OCCCCCCCCCCCCC/C=C\C/C=C\CCCCCCCCCCCCCCCCCCCC(=O)NC(CO)C(O)/C=C/CCCCCCCCCCCCCCC. The molecular formula is C79H149NO5. The number of aliphatic hydroxyl groups excluding tert-OH is 2. The standard InChI is InChI=1S/C79H149NO5/c1-3-5-7-9-11-13-15-17-19-20-41-45-49-53-57-61-65-69-73-79(84)85-74-70-66-62-58-54-50-46-42-39-37-35-33-31-29-27-25-23-21-22-24-26-28-30-32-34-36-38-40-44-48-52-56-60-64-68-72-78(83)80-76(75-81)77(82)71-67-63-59-55-51-47-43-18-16-14-12-10-8-6-4-2/h19-20,23,25,29,31,67,71,76-77,81-82H,3-18,21-22,24,26-28,30,32-66,68-70,72-75H2,1-2H3,(H,80,83)/b20-19-,25-23-,31-29-,71-67+. The minimum absolute atomic E-state index is 0.0140. The number of ether oxygens (including phenoxy) is 1. The molecule has 0 aromatic heterocycles. The molecule has 0 spiro atoms. The van der Waals surface area contributed by atoms with Crippen LogP contribution >= 0.6 is 0 Å². The Morgan fingerprint density at radius 2 is 0.588 bits per heavy atom. The molecule has 0 bridgehead atoms. The van der Waals surface area contributed by atoms with Gasteiger partial charge in [0.2, 0.25) is 5.91 Å². The minimum atomic E-state index is -0.843. The van der Waals surface area contributed by atoms with Crippen molar-refractivity contribution in [2.45, 2.75) is 431 Å². The molecule has 0 saturated carbocycles. The van der Waals surface area contributed by atoms with E-state index in [0.717, 1.165) is 51.4 Å². The number of nitrogens with one attached hydrogen (secondary N) is 1. The molecule has 6 heteroatoms. The Kier molecular flexibility index (Phi) is 72.4. The van der Waals surface area contributed by atoms with Crippen molar-refractivity contribution in [2.24, 2.45) is 0 Å². The molecule has 6 nitrogen and oxygen atoms in total. The van der Waals surface area contributed by atoms with Crippen LogP contribution in [0.25, 0.3) is 0 Å². The Bertz CT molecular complexity index is 1420. The fourth-order valence-corrected chi connectivity index (χ4v) is 12.0. The van der Waals surface area contributed by atoms with Crippen molar-refractivity contribution in [2.75, 3.05) is 13.2 Å². The molecule has 0 aliphatic rings. The number of hydrogen-bond donors (Lipinski definition) is 3. The lowest BCUT2D eigenvalue weighted by Crippen LogP contribution is -2.45. The number of carbonyl (C=O) groups excluding carboxylic acids is 2. The van der Waals surface area contributed by atoms with Crippen molar-refractivity contribution in [1.29, 1.82) is 0 Å². The Morgan fingerprint density at radius 3 is 0.906 bits per heavy atom. The number of rotatable bonds is 72. The van der Waals surface area contributed by atoms with Gasteiger partial charge in [-0.25, -0.2) is 0 Å². The third-order valence-electron chi connectivity index (χ3n) is 17.8. The highest BCUT2D eigenvalue weighted by Gasteiger charge is 2.18. The minimum Gasteiger partial charge on any atom is -0.466 e. The highest BCUT2D eigenvalue weighted by molar-refractivity contribution is 5.76. The van der Waals surface area contributed by atoms with E-state index in [4.69, 9.17) is 4.74 Å². The molecule has 85 heavy (non-hydrogen) atoms. The maximum absolute atomic E-state index is 12.5. The first-order chi connectivity index (χ1) is 42.0. The van der Waals surface area contributed by atoms with Gasteiger partial charge in [-0.2, -0.15) is 0 Å². The summed E-state index contributed by atoms with van der Waals surface area (Å²) in [6, 6.07) is -0.626. The van der Waals surface area contributed by atoms with E-state index >= 15 is 0 Å². The molecule has 0 rings (SSSR count). The van der Waals surface area contributed by atoms with Crippen LogP contribution in [-0.4, -0.2) is 47.4 Å². The third kappa shape index (κ3) is 70.8. The molecule has 0 heterocycles. The van der Waals surface area contributed by atoms with Gasteiger partial charge < -0.3 is 20.3 Å². The van der Waals surface area contributed by atoms with E-state index in [-0.39, 0.29) is 18.5 Å². The predicted molar refractivity (Wildman–Crippen MR) is 375 cm³/mol. The molecule has 3 N–H and O–H groups in total. The summed E-state index contributed by atoms with van der Waals surface area (Å²) < 4.78 is 5.51. The topological polar surface area (TPSA) is 95.9 Å². The molecule has 0 aromatic rings. The van der Waals surface area contributed by atoms with Crippen molar-refractivity contribution >= 4 is 11.9 Å². The monoisotopic (exact) mass is 1190 g/mol. The molecular weight excluding hydrogens is 1040 g/mol. The molecule has 0 fully saturated rings. The average Bonchev–Trinajstić information content (AvgIpc) is 3.52. The number of unbranched alkanes of at least 4 members (excludes halogenated alkanes) is 55. The number of allylic oxidation sites excluding steroid dienone is 7. The lowest BCUT2D eigenvalue weighted by atomic mass is 10.0. The second-order valence-electron chi connectivity index (χ2n) is 26.3. The summed E-state index contributed by atoms with van der Waals surface area (Å²) in [7, 11) is 0. The van der Waals surface area contributed by atoms with E-state index in [1.54, 1.807) is 6.08 Å². The van der Waals surface area contributed by atoms with Gasteiger partial charge in [0.05, 0.1) is 25.4 Å². The van der Waals surface area contributed by atoms with E-state index in [1.165, 1.54) is 340 Å². The quantitative estimate of drug-likeness (QED) is 0.0320. The Balaban J connectivity index is 3.37. The van der Waals surface area contributed by atoms with Crippen molar-refractivity contribution in [1.82, 2.24) is 5.32 Å². The molecule has 500 valence electrons. The highest BCUT2D eigenvalue weighted by Crippen LogP contribution is 2.19. The van der Waals surface area contributed by atoms with Gasteiger partial charge in [-0.05, 0) is 89.9 Å². The highest BCUT2D eigenvalue weighted by atomic mass is 16.5. The van der Waals surface area contributed by atoms with Gasteiger partial charge in [-0.3, -0.25) is 9.59 Å². The van der Waals surface area contributed by atoms with Gasteiger partial charge in [-0.1, -0.05) is 364 Å². The van der Waals surface area contributed by atoms with Gasteiger partial charge >= 0.3 is 5.97 Å². The van der Waals surface area contributed by atoms with E-state index in [9.17, 15) is 19.8 Å². The van der Waals surface area contributed by atoms with Gasteiger partial charge in [-0.15, -0.1) is 0 Å². The van der Waals surface area contributed by atoms with E-state index < -0.39 is 12.1 Å². The van der Waals surface area contributed by atoms with Crippen molar-refractivity contribution in [3.8, 4) is 0 Å². The first-order valence-corrected chi connectivity index (χ1v) is 38.4. The summed E-state index contributed by atoms with van der Waals surface area (Å²) in [5.74, 6) is -0.0495. The first kappa shape index (κ1) is 82.8. The smallest absolute Gasteiger partial charge is 0.305 e. The Hall–Kier alpha value is -2.18. The molecule has 2 unspecified atom stereocenters. The lowest BCUT2D eigenvalue weighted by molar-refractivity contribution is -0.143. The molecule has 2 atom stereocenters. The van der Waals surface area contributed by atoms with Gasteiger partial charge in [0.25, 0.3) is 0 Å². The summed E-state index contributed by atoms with van der Waals surface area (Å²) in [6.07, 6.45) is 98.0. The Morgan fingerprint density at radius 1 is 0.329 bits per heavy atom. The summed E-state index contributed by atoms with van der Waals surface area (Å²) in [4.78, 5) is 24.6. The second-order valence-corrected chi connectivity index (χ2v) is 26.3. The fourth-order valence-electron chi connectivity index (χ4n) is 12.0. The fraction of sp³-hybridized carbons (Fsp3) is 0.873. The van der Waals surface area contributed by atoms with E-state index in [2.05, 4.69) is 55.6 Å². The zero-order valence-corrected chi connectivity index (χ0v) is 57.4. The Labute approximate surface area is 531 Å². The van der Waals surface area contributed by atoms with Gasteiger partial charge in [0.1, 0.15) is 0 Å². The van der Waals surface area contributed by atoms with Crippen LogP contribution < -0.4 is 5.32 Å². The van der Waals surface area contributed by atoms with E-state index in [0.29, 0.717) is 19.4 Å². The van der Waals surface area contributed by atoms with Crippen molar-refractivity contribution in [3.05, 3.63) is 48.6 Å². The van der Waals surface area contributed by atoms with Crippen LogP contribution in [0.15, 0.2) is 48.6 Å². The zero-order chi connectivity index (χ0) is 61.3.